The number of rotatable bonds is 1. The van der Waals surface area contributed by atoms with E-state index in [1.54, 1.807) is 26.0 Å². The molecule has 4 nitrogen and oxygen atoms in total. The van der Waals surface area contributed by atoms with Crippen LogP contribution in [0.1, 0.15) is 24.2 Å². The highest BCUT2D eigenvalue weighted by molar-refractivity contribution is 8.02. The summed E-state index contributed by atoms with van der Waals surface area (Å²) in [5.74, 6) is -0.0359. The third kappa shape index (κ3) is 1.43. The van der Waals surface area contributed by atoms with Gasteiger partial charge in [0.25, 0.3) is 5.69 Å². The molecule has 2 rings (SSSR count). The van der Waals surface area contributed by atoms with Gasteiger partial charge in [0.05, 0.1) is 14.6 Å². The van der Waals surface area contributed by atoms with Crippen LogP contribution in [0.4, 0.5) is 5.69 Å². The number of nitro benzene ring substituents is 1. The van der Waals surface area contributed by atoms with Gasteiger partial charge in [0, 0.05) is 11.6 Å². The summed E-state index contributed by atoms with van der Waals surface area (Å²) < 4.78 is -0.589. The van der Waals surface area contributed by atoms with E-state index in [1.807, 2.05) is 0 Å². The summed E-state index contributed by atoms with van der Waals surface area (Å²) in [6.45, 7) is 3.56. The van der Waals surface area contributed by atoms with E-state index in [-0.39, 0.29) is 11.5 Å². The van der Waals surface area contributed by atoms with Gasteiger partial charge in [0.1, 0.15) is 0 Å². The standard InChI is InChI=1S/C10H9NO3S/c1-10(2)9(12)6-4-3-5-7(11(13)14)8(6)15-10/h3-5H,1-2H3. The number of Topliss-reactive ketones (excluding diaryl/α,β-unsaturated/α-hetero) is 1. The van der Waals surface area contributed by atoms with E-state index in [0.717, 1.165) is 0 Å². The molecule has 15 heavy (non-hydrogen) atoms. The zero-order valence-electron chi connectivity index (χ0n) is 8.31. The van der Waals surface area contributed by atoms with E-state index < -0.39 is 9.67 Å². The van der Waals surface area contributed by atoms with Gasteiger partial charge >= 0.3 is 0 Å². The molecule has 1 heterocycles. The van der Waals surface area contributed by atoms with Crippen LogP contribution in [0.2, 0.25) is 0 Å². The SMILES string of the molecule is CC1(C)Sc2c(cccc2[N+](=O)[O-])C1=O. The Hall–Kier alpha value is -1.36. The summed E-state index contributed by atoms with van der Waals surface area (Å²) in [7, 11) is 0. The number of carbonyl (C=O) groups is 1. The minimum Gasteiger partial charge on any atom is -0.293 e. The van der Waals surface area contributed by atoms with Gasteiger partial charge in [-0.2, -0.15) is 0 Å². The van der Waals surface area contributed by atoms with E-state index in [0.29, 0.717) is 10.5 Å². The molecule has 0 aromatic heterocycles. The van der Waals surface area contributed by atoms with Crippen molar-refractivity contribution in [2.24, 2.45) is 0 Å². The van der Waals surface area contributed by atoms with Gasteiger partial charge in [0.15, 0.2) is 5.78 Å². The van der Waals surface area contributed by atoms with Gasteiger partial charge in [-0.25, -0.2) is 0 Å². The zero-order valence-corrected chi connectivity index (χ0v) is 9.13. The monoisotopic (exact) mass is 223 g/mol. The van der Waals surface area contributed by atoms with Crippen LogP contribution in [0.3, 0.4) is 0 Å². The maximum Gasteiger partial charge on any atom is 0.283 e. The van der Waals surface area contributed by atoms with E-state index in [2.05, 4.69) is 0 Å². The molecule has 0 N–H and O–H groups in total. The van der Waals surface area contributed by atoms with Crippen molar-refractivity contribution >= 4 is 23.2 Å². The highest BCUT2D eigenvalue weighted by atomic mass is 32.2. The largest absolute Gasteiger partial charge is 0.293 e. The van der Waals surface area contributed by atoms with Crippen molar-refractivity contribution in [1.82, 2.24) is 0 Å². The van der Waals surface area contributed by atoms with Gasteiger partial charge in [-0.1, -0.05) is 6.07 Å². The summed E-state index contributed by atoms with van der Waals surface area (Å²) in [6.07, 6.45) is 0. The predicted octanol–water partition coefficient (Wildman–Crippen LogP) is 2.66. The molecule has 0 aliphatic carbocycles. The van der Waals surface area contributed by atoms with Crippen molar-refractivity contribution in [1.29, 1.82) is 0 Å². The number of nitro groups is 1. The number of hydrogen-bond donors (Lipinski definition) is 0. The highest BCUT2D eigenvalue weighted by Gasteiger charge is 2.42. The normalized spacial score (nSPS) is 17.6. The molecule has 1 aromatic rings. The molecule has 0 saturated heterocycles. The number of benzene rings is 1. The lowest BCUT2D eigenvalue weighted by molar-refractivity contribution is -0.387. The van der Waals surface area contributed by atoms with E-state index >= 15 is 0 Å². The van der Waals surface area contributed by atoms with Crippen LogP contribution in [0, 0.1) is 10.1 Å². The smallest absolute Gasteiger partial charge is 0.283 e. The second-order valence-electron chi connectivity index (χ2n) is 3.85. The Kier molecular flexibility index (Phi) is 2.08. The lowest BCUT2D eigenvalue weighted by atomic mass is 10.0. The molecule has 1 aromatic carbocycles. The van der Waals surface area contributed by atoms with Crippen LogP contribution < -0.4 is 0 Å². The molecule has 0 atom stereocenters. The fourth-order valence-corrected chi connectivity index (χ4v) is 2.81. The summed E-state index contributed by atoms with van der Waals surface area (Å²) >= 11 is 1.27. The molecule has 0 unspecified atom stereocenters. The number of ketones is 1. The van der Waals surface area contributed by atoms with Crippen LogP contribution in [0.5, 0.6) is 0 Å². The van der Waals surface area contributed by atoms with Crippen LogP contribution in [0.25, 0.3) is 0 Å². The molecule has 0 amide bonds. The Labute approximate surface area is 90.8 Å². The molecule has 0 bridgehead atoms. The molecule has 1 aliphatic rings. The Bertz CT molecular complexity index is 468. The van der Waals surface area contributed by atoms with Gasteiger partial charge in [-0.15, -0.1) is 11.8 Å². The van der Waals surface area contributed by atoms with Crippen molar-refractivity contribution in [2.75, 3.05) is 0 Å². The first-order chi connectivity index (χ1) is 6.93. The third-order valence-corrected chi connectivity index (χ3v) is 3.67. The number of thioether (sulfide) groups is 1. The van der Waals surface area contributed by atoms with Crippen molar-refractivity contribution in [3.05, 3.63) is 33.9 Å². The topological polar surface area (TPSA) is 60.2 Å². The van der Waals surface area contributed by atoms with Gasteiger partial charge in [-0.3, -0.25) is 14.9 Å². The molecule has 0 radical (unpaired) electrons. The molecule has 0 spiro atoms. The van der Waals surface area contributed by atoms with Crippen LogP contribution in [-0.2, 0) is 0 Å². The van der Waals surface area contributed by atoms with Crippen LogP contribution in [0.15, 0.2) is 23.1 Å². The van der Waals surface area contributed by atoms with Crippen molar-refractivity contribution in [3.63, 3.8) is 0 Å². The van der Waals surface area contributed by atoms with E-state index in [4.69, 9.17) is 0 Å². The van der Waals surface area contributed by atoms with Crippen LogP contribution in [-0.4, -0.2) is 15.5 Å². The van der Waals surface area contributed by atoms with Gasteiger partial charge < -0.3 is 0 Å². The number of carbonyl (C=O) groups excluding carboxylic acids is 1. The molecule has 78 valence electrons. The Morgan fingerprint density at radius 1 is 1.40 bits per heavy atom. The highest BCUT2D eigenvalue weighted by Crippen LogP contribution is 2.48. The van der Waals surface area contributed by atoms with Crippen molar-refractivity contribution < 1.29 is 9.72 Å². The molecule has 0 fully saturated rings. The average molecular weight is 223 g/mol. The maximum atomic E-state index is 11.8. The molecule has 5 heteroatoms. The molecular weight excluding hydrogens is 214 g/mol. The summed E-state index contributed by atoms with van der Waals surface area (Å²) in [4.78, 5) is 22.7. The van der Waals surface area contributed by atoms with Crippen LogP contribution >= 0.6 is 11.8 Å². The van der Waals surface area contributed by atoms with E-state index in [1.165, 1.54) is 17.8 Å². The lowest BCUT2D eigenvalue weighted by Gasteiger charge is -2.11. The quantitative estimate of drug-likeness (QED) is 0.542. The number of hydrogen-bond acceptors (Lipinski definition) is 4. The Morgan fingerprint density at radius 2 is 2.07 bits per heavy atom. The Morgan fingerprint density at radius 3 is 2.67 bits per heavy atom. The summed E-state index contributed by atoms with van der Waals surface area (Å²) in [5, 5.41) is 10.8. The minimum atomic E-state index is -0.589. The number of fused-ring (bicyclic) bond motifs is 1. The minimum absolute atomic E-state index is 0.0245. The third-order valence-electron chi connectivity index (χ3n) is 2.34. The first-order valence-corrected chi connectivity index (χ1v) is 5.26. The summed E-state index contributed by atoms with van der Waals surface area (Å²) in [6, 6.07) is 4.63. The zero-order chi connectivity index (χ0) is 11.2. The first kappa shape index (κ1) is 10.2. The molecule has 0 saturated carbocycles. The fraction of sp³-hybridized carbons (Fsp3) is 0.300. The number of nitrogens with zero attached hydrogens (tertiary/aromatic N) is 1. The lowest BCUT2D eigenvalue weighted by Crippen LogP contribution is -2.21. The second kappa shape index (κ2) is 3.06. The Balaban J connectivity index is 2.64. The van der Waals surface area contributed by atoms with Gasteiger partial charge in [-0.05, 0) is 19.9 Å². The average Bonchev–Trinajstić information content (AvgIpc) is 2.37. The van der Waals surface area contributed by atoms with Gasteiger partial charge in [0.2, 0.25) is 0 Å². The first-order valence-electron chi connectivity index (χ1n) is 4.45. The van der Waals surface area contributed by atoms with Crippen molar-refractivity contribution in [2.45, 2.75) is 23.5 Å². The molecular formula is C10H9NO3S. The maximum absolute atomic E-state index is 11.8. The predicted molar refractivity (Wildman–Crippen MR) is 57.4 cm³/mol. The fourth-order valence-electron chi connectivity index (χ4n) is 1.58. The summed E-state index contributed by atoms with van der Waals surface area (Å²) in [5.41, 5.74) is 0.496. The second-order valence-corrected chi connectivity index (χ2v) is 5.49. The van der Waals surface area contributed by atoms with E-state index in [9.17, 15) is 14.9 Å². The van der Waals surface area contributed by atoms with Crippen molar-refractivity contribution in [3.8, 4) is 0 Å². The molecule has 1 aliphatic heterocycles.